The molecular formula is C30H37N5O5. The number of carbonyl (C=O) groups is 2. The number of unbranched alkanes of at least 4 members (excludes halogenated alkanes) is 2. The number of morpholine rings is 1. The molecule has 1 aliphatic rings. The highest BCUT2D eigenvalue weighted by molar-refractivity contribution is 6.04. The molecule has 0 atom stereocenters. The third-order valence-corrected chi connectivity index (χ3v) is 6.66. The lowest BCUT2D eigenvalue weighted by Gasteiger charge is -2.26. The normalized spacial score (nSPS) is 14.1. The van der Waals surface area contributed by atoms with Crippen LogP contribution in [0.15, 0.2) is 72.4 Å². The maximum atomic E-state index is 13.2. The predicted octanol–water partition coefficient (Wildman–Crippen LogP) is 3.99. The first-order valence-corrected chi connectivity index (χ1v) is 13.7. The van der Waals surface area contributed by atoms with E-state index in [0.29, 0.717) is 36.3 Å². The predicted molar refractivity (Wildman–Crippen MR) is 155 cm³/mol. The topological polar surface area (TPSA) is 125 Å². The van der Waals surface area contributed by atoms with Crippen molar-refractivity contribution >= 4 is 34.1 Å². The van der Waals surface area contributed by atoms with Crippen molar-refractivity contribution in [1.82, 2.24) is 15.4 Å². The largest absolute Gasteiger partial charge is 0.488 e. The Balaban J connectivity index is 1.34. The number of hydrogen-bond donors (Lipinski definition) is 4. The van der Waals surface area contributed by atoms with Crippen molar-refractivity contribution in [2.75, 3.05) is 56.6 Å². The van der Waals surface area contributed by atoms with E-state index in [1.165, 1.54) is 0 Å². The first kappa shape index (κ1) is 29.0. The van der Waals surface area contributed by atoms with Gasteiger partial charge < -0.3 is 20.1 Å². The van der Waals surface area contributed by atoms with Gasteiger partial charge in [0.25, 0.3) is 5.91 Å². The molecule has 40 heavy (non-hydrogen) atoms. The first-order chi connectivity index (χ1) is 19.6. The number of rotatable bonds is 14. The Kier molecular flexibility index (Phi) is 11.3. The third kappa shape index (κ3) is 9.04. The molecule has 1 aromatic heterocycles. The van der Waals surface area contributed by atoms with Crippen LogP contribution in [0.4, 0.5) is 11.5 Å². The Morgan fingerprint density at radius 3 is 2.67 bits per heavy atom. The van der Waals surface area contributed by atoms with E-state index in [9.17, 15) is 9.59 Å². The Morgan fingerprint density at radius 1 is 1.05 bits per heavy atom. The maximum absolute atomic E-state index is 13.2. The van der Waals surface area contributed by atoms with Crippen LogP contribution in [0.25, 0.3) is 10.8 Å². The van der Waals surface area contributed by atoms with Gasteiger partial charge in [-0.2, -0.15) is 0 Å². The maximum Gasteiger partial charge on any atom is 0.254 e. The summed E-state index contributed by atoms with van der Waals surface area (Å²) >= 11 is 0. The number of anilines is 2. The smallest absolute Gasteiger partial charge is 0.254 e. The van der Waals surface area contributed by atoms with Crippen LogP contribution in [0.1, 0.15) is 25.7 Å². The van der Waals surface area contributed by atoms with Crippen LogP contribution in [-0.2, 0) is 14.3 Å². The van der Waals surface area contributed by atoms with E-state index in [1.807, 2.05) is 60.7 Å². The van der Waals surface area contributed by atoms with Gasteiger partial charge in [0, 0.05) is 38.0 Å². The second-order valence-corrected chi connectivity index (χ2v) is 9.54. The number of aromatic nitrogens is 1. The van der Waals surface area contributed by atoms with Gasteiger partial charge in [-0.25, -0.2) is 10.5 Å². The van der Waals surface area contributed by atoms with Crippen molar-refractivity contribution in [3.8, 4) is 5.75 Å². The van der Waals surface area contributed by atoms with Crippen molar-refractivity contribution in [1.29, 1.82) is 0 Å². The fourth-order valence-electron chi connectivity index (χ4n) is 4.41. The number of nitrogens with zero attached hydrogens (tertiary/aromatic N) is 2. The van der Waals surface area contributed by atoms with E-state index < -0.39 is 5.91 Å². The molecule has 0 spiro atoms. The lowest BCUT2D eigenvalue weighted by atomic mass is 10.1. The summed E-state index contributed by atoms with van der Waals surface area (Å²) in [4.78, 5) is 31.3. The van der Waals surface area contributed by atoms with Crippen LogP contribution in [0, 0.1) is 0 Å². The molecule has 10 heteroatoms. The van der Waals surface area contributed by atoms with Crippen LogP contribution in [0.5, 0.6) is 5.75 Å². The summed E-state index contributed by atoms with van der Waals surface area (Å²) in [7, 11) is 0. The van der Waals surface area contributed by atoms with Crippen LogP contribution < -0.4 is 20.9 Å². The average Bonchev–Trinajstić information content (AvgIpc) is 2.99. The van der Waals surface area contributed by atoms with E-state index in [0.717, 1.165) is 56.0 Å². The van der Waals surface area contributed by atoms with Gasteiger partial charge >= 0.3 is 0 Å². The van der Waals surface area contributed by atoms with Gasteiger partial charge in [-0.05, 0) is 42.8 Å². The number of fused-ring (bicyclic) bond motifs is 1. The summed E-state index contributed by atoms with van der Waals surface area (Å²) in [6.07, 6.45) is 5.55. The molecule has 3 aromatic rings. The van der Waals surface area contributed by atoms with Gasteiger partial charge in [0.2, 0.25) is 5.91 Å². The molecule has 0 radical (unpaired) electrons. The van der Waals surface area contributed by atoms with Crippen molar-refractivity contribution < 1.29 is 24.3 Å². The highest BCUT2D eigenvalue weighted by Crippen LogP contribution is 2.26. The summed E-state index contributed by atoms with van der Waals surface area (Å²) in [6, 6.07) is 17.4. The van der Waals surface area contributed by atoms with E-state index in [1.54, 1.807) is 11.7 Å². The minimum absolute atomic E-state index is 0.0889. The molecule has 212 valence electrons. The molecule has 2 heterocycles. The quantitative estimate of drug-likeness (QED) is 0.103. The highest BCUT2D eigenvalue weighted by atomic mass is 16.5. The molecule has 10 nitrogen and oxygen atoms in total. The first-order valence-electron chi connectivity index (χ1n) is 13.7. The number of benzene rings is 2. The van der Waals surface area contributed by atoms with Gasteiger partial charge in [0.15, 0.2) is 0 Å². The minimum atomic E-state index is -0.423. The lowest BCUT2D eigenvalue weighted by molar-refractivity contribution is -0.129. The molecule has 4 N–H and O–H groups in total. The molecule has 0 aliphatic carbocycles. The second-order valence-electron chi connectivity index (χ2n) is 9.54. The Hall–Kier alpha value is -3.99. The Morgan fingerprint density at radius 2 is 1.88 bits per heavy atom. The van der Waals surface area contributed by atoms with Crippen molar-refractivity contribution in [2.45, 2.75) is 25.7 Å². The number of hydroxylamine groups is 1. The molecule has 0 bridgehead atoms. The van der Waals surface area contributed by atoms with Gasteiger partial charge in [0.1, 0.15) is 18.2 Å². The lowest BCUT2D eigenvalue weighted by Crippen LogP contribution is -2.39. The standard InChI is InChI=1S/C30H37N5O5/c36-29(34-38)12-3-1-2-8-24(22-40-27-11-6-9-23-7-4-5-10-26(23)27)30(37)33-25-13-14-28(32-21-25)31-15-16-35-17-19-39-20-18-35/h4-11,13-14,21,38H,1-3,12,15-20,22H2,(H,31,32)(H,33,37)(H,34,36)/b24-8+. The van der Waals surface area contributed by atoms with Crippen molar-refractivity contribution in [2.24, 2.45) is 0 Å². The van der Waals surface area contributed by atoms with Crippen LogP contribution >= 0.6 is 0 Å². The third-order valence-electron chi connectivity index (χ3n) is 6.66. The van der Waals surface area contributed by atoms with E-state index in [4.69, 9.17) is 14.7 Å². The number of carbonyl (C=O) groups excluding carboxylic acids is 2. The number of amides is 2. The molecule has 4 rings (SSSR count). The summed E-state index contributed by atoms with van der Waals surface area (Å²) in [5.41, 5.74) is 2.70. The van der Waals surface area contributed by atoms with Gasteiger partial charge in [-0.15, -0.1) is 0 Å². The molecular weight excluding hydrogens is 510 g/mol. The number of ether oxygens (including phenoxy) is 2. The summed E-state index contributed by atoms with van der Waals surface area (Å²) in [5.74, 6) is 0.745. The monoisotopic (exact) mass is 547 g/mol. The summed E-state index contributed by atoms with van der Waals surface area (Å²) in [6.45, 7) is 5.21. The molecule has 0 unspecified atom stereocenters. The zero-order valence-electron chi connectivity index (χ0n) is 22.6. The van der Waals surface area contributed by atoms with E-state index in [2.05, 4.69) is 20.5 Å². The number of nitrogens with one attached hydrogen (secondary N) is 3. The molecule has 1 saturated heterocycles. The minimum Gasteiger partial charge on any atom is -0.488 e. The fourth-order valence-corrected chi connectivity index (χ4v) is 4.41. The Labute approximate surface area is 234 Å². The average molecular weight is 548 g/mol. The SMILES string of the molecule is O=C(CCCC/C=C(\COc1cccc2ccccc12)C(=O)Nc1ccc(NCCN2CCOCC2)nc1)NO. The molecule has 2 aromatic carbocycles. The summed E-state index contributed by atoms with van der Waals surface area (Å²) < 4.78 is 11.5. The Bertz CT molecular complexity index is 1270. The van der Waals surface area contributed by atoms with Crippen molar-refractivity contribution in [3.63, 3.8) is 0 Å². The molecule has 1 fully saturated rings. The highest BCUT2D eigenvalue weighted by Gasteiger charge is 2.13. The van der Waals surface area contributed by atoms with Gasteiger partial charge in [0.05, 0.1) is 30.7 Å². The van der Waals surface area contributed by atoms with Gasteiger partial charge in [-0.3, -0.25) is 19.7 Å². The van der Waals surface area contributed by atoms with Crippen LogP contribution in [0.2, 0.25) is 0 Å². The number of pyridine rings is 1. The van der Waals surface area contributed by atoms with Crippen LogP contribution in [-0.4, -0.2) is 72.9 Å². The fraction of sp³-hybridized carbons (Fsp3) is 0.367. The summed E-state index contributed by atoms with van der Waals surface area (Å²) in [5, 5.41) is 16.9. The van der Waals surface area contributed by atoms with E-state index >= 15 is 0 Å². The van der Waals surface area contributed by atoms with E-state index in [-0.39, 0.29) is 18.9 Å². The second kappa shape index (κ2) is 15.6. The zero-order chi connectivity index (χ0) is 28.0. The van der Waals surface area contributed by atoms with Crippen molar-refractivity contribution in [3.05, 3.63) is 72.4 Å². The molecule has 0 saturated carbocycles. The van der Waals surface area contributed by atoms with Gasteiger partial charge in [-0.1, -0.05) is 42.5 Å². The zero-order valence-corrected chi connectivity index (χ0v) is 22.6. The molecule has 1 aliphatic heterocycles. The number of allylic oxidation sites excluding steroid dienone is 1. The number of hydrogen-bond acceptors (Lipinski definition) is 8. The molecule has 2 amide bonds. The van der Waals surface area contributed by atoms with Crippen LogP contribution in [0.3, 0.4) is 0 Å².